The highest BCUT2D eigenvalue weighted by Crippen LogP contribution is 2.44. The standard InChI is InChI=1S/C14H26N2O/c15-10-4-5-13(17)16-11-8-14(9-12-16)6-2-1-3-7-14/h1-12,15H2. The largest absolute Gasteiger partial charge is 0.343 e. The number of carbonyl (C=O) groups excluding carboxylic acids is 1. The monoisotopic (exact) mass is 238 g/mol. The highest BCUT2D eigenvalue weighted by molar-refractivity contribution is 5.76. The van der Waals surface area contributed by atoms with Crippen LogP contribution in [0.5, 0.6) is 0 Å². The van der Waals surface area contributed by atoms with Crippen molar-refractivity contribution in [2.45, 2.75) is 57.8 Å². The number of nitrogens with zero attached hydrogens (tertiary/aromatic N) is 1. The van der Waals surface area contributed by atoms with Gasteiger partial charge in [-0.1, -0.05) is 19.3 Å². The van der Waals surface area contributed by atoms with E-state index in [9.17, 15) is 4.79 Å². The molecule has 17 heavy (non-hydrogen) atoms. The van der Waals surface area contributed by atoms with E-state index < -0.39 is 0 Å². The van der Waals surface area contributed by atoms with E-state index in [1.165, 1.54) is 44.9 Å². The maximum absolute atomic E-state index is 11.9. The van der Waals surface area contributed by atoms with E-state index in [0.717, 1.165) is 19.5 Å². The molecule has 1 heterocycles. The zero-order chi connectivity index (χ0) is 12.1. The summed E-state index contributed by atoms with van der Waals surface area (Å²) in [5.74, 6) is 0.320. The molecule has 1 aliphatic heterocycles. The van der Waals surface area contributed by atoms with Gasteiger partial charge in [-0.3, -0.25) is 4.79 Å². The molecule has 3 nitrogen and oxygen atoms in total. The van der Waals surface area contributed by atoms with Crippen molar-refractivity contribution in [3.05, 3.63) is 0 Å². The van der Waals surface area contributed by atoms with Gasteiger partial charge < -0.3 is 10.6 Å². The van der Waals surface area contributed by atoms with Crippen molar-refractivity contribution >= 4 is 5.91 Å². The van der Waals surface area contributed by atoms with Gasteiger partial charge in [0.25, 0.3) is 0 Å². The van der Waals surface area contributed by atoms with Gasteiger partial charge in [0, 0.05) is 19.5 Å². The van der Waals surface area contributed by atoms with E-state index in [1.807, 2.05) is 0 Å². The number of nitrogens with two attached hydrogens (primary N) is 1. The molecule has 1 saturated heterocycles. The van der Waals surface area contributed by atoms with Crippen LogP contribution in [0, 0.1) is 5.41 Å². The average Bonchev–Trinajstić information content (AvgIpc) is 2.38. The summed E-state index contributed by atoms with van der Waals surface area (Å²) >= 11 is 0. The highest BCUT2D eigenvalue weighted by Gasteiger charge is 2.36. The molecule has 0 aromatic heterocycles. The lowest BCUT2D eigenvalue weighted by Gasteiger charge is -2.44. The first-order chi connectivity index (χ1) is 8.26. The van der Waals surface area contributed by atoms with Gasteiger partial charge in [0.1, 0.15) is 0 Å². The van der Waals surface area contributed by atoms with Crippen molar-refractivity contribution in [3.8, 4) is 0 Å². The van der Waals surface area contributed by atoms with Crippen molar-refractivity contribution in [1.82, 2.24) is 4.90 Å². The molecule has 1 amide bonds. The summed E-state index contributed by atoms with van der Waals surface area (Å²) in [7, 11) is 0. The van der Waals surface area contributed by atoms with Gasteiger partial charge in [-0.15, -0.1) is 0 Å². The van der Waals surface area contributed by atoms with E-state index in [-0.39, 0.29) is 0 Å². The Balaban J connectivity index is 1.78. The molecular weight excluding hydrogens is 212 g/mol. The van der Waals surface area contributed by atoms with Crippen LogP contribution in [0.3, 0.4) is 0 Å². The number of rotatable bonds is 3. The molecule has 2 fully saturated rings. The predicted octanol–water partition coefficient (Wildman–Crippen LogP) is 2.30. The minimum Gasteiger partial charge on any atom is -0.343 e. The fourth-order valence-corrected chi connectivity index (χ4v) is 3.44. The van der Waals surface area contributed by atoms with Gasteiger partial charge in [-0.05, 0) is 44.1 Å². The molecule has 0 unspecified atom stereocenters. The van der Waals surface area contributed by atoms with Crippen LogP contribution in [-0.2, 0) is 4.79 Å². The molecule has 0 radical (unpaired) electrons. The van der Waals surface area contributed by atoms with Gasteiger partial charge in [0.2, 0.25) is 5.91 Å². The summed E-state index contributed by atoms with van der Waals surface area (Å²) in [5, 5.41) is 0. The van der Waals surface area contributed by atoms with E-state index >= 15 is 0 Å². The molecule has 1 aliphatic carbocycles. The van der Waals surface area contributed by atoms with Crippen LogP contribution in [0.25, 0.3) is 0 Å². The highest BCUT2D eigenvalue weighted by atomic mass is 16.2. The molecule has 2 N–H and O–H groups in total. The van der Waals surface area contributed by atoms with Crippen molar-refractivity contribution in [2.24, 2.45) is 11.1 Å². The van der Waals surface area contributed by atoms with Gasteiger partial charge in [0.05, 0.1) is 0 Å². The topological polar surface area (TPSA) is 46.3 Å². The van der Waals surface area contributed by atoms with Crippen LogP contribution in [-0.4, -0.2) is 30.4 Å². The molecule has 0 atom stereocenters. The maximum atomic E-state index is 11.9. The third kappa shape index (κ3) is 3.21. The summed E-state index contributed by atoms with van der Waals surface area (Å²) in [6.45, 7) is 2.61. The third-order valence-corrected chi connectivity index (χ3v) is 4.69. The summed E-state index contributed by atoms with van der Waals surface area (Å²) < 4.78 is 0. The van der Waals surface area contributed by atoms with Crippen LogP contribution in [0.2, 0.25) is 0 Å². The number of piperidine rings is 1. The predicted molar refractivity (Wildman–Crippen MR) is 69.6 cm³/mol. The number of carbonyl (C=O) groups is 1. The van der Waals surface area contributed by atoms with Crippen LogP contribution in [0.1, 0.15) is 57.8 Å². The van der Waals surface area contributed by atoms with Gasteiger partial charge in [-0.25, -0.2) is 0 Å². The Kier molecular flexibility index (Phi) is 4.43. The number of hydrogen-bond donors (Lipinski definition) is 1. The molecular formula is C14H26N2O. The fourth-order valence-electron chi connectivity index (χ4n) is 3.44. The van der Waals surface area contributed by atoms with Crippen molar-refractivity contribution in [3.63, 3.8) is 0 Å². The van der Waals surface area contributed by atoms with E-state index in [2.05, 4.69) is 4.90 Å². The number of likely N-dealkylation sites (tertiary alicyclic amines) is 1. The van der Waals surface area contributed by atoms with Crippen LogP contribution < -0.4 is 5.73 Å². The zero-order valence-corrected chi connectivity index (χ0v) is 10.9. The van der Waals surface area contributed by atoms with E-state index in [0.29, 0.717) is 24.3 Å². The SMILES string of the molecule is NCCCC(=O)N1CCC2(CCCCC2)CC1. The molecule has 0 aromatic rings. The van der Waals surface area contributed by atoms with Crippen molar-refractivity contribution in [1.29, 1.82) is 0 Å². The zero-order valence-electron chi connectivity index (χ0n) is 10.9. The van der Waals surface area contributed by atoms with E-state index in [1.54, 1.807) is 0 Å². The summed E-state index contributed by atoms with van der Waals surface area (Å²) in [6.07, 6.45) is 11.0. The lowest BCUT2D eigenvalue weighted by atomic mass is 9.68. The Morgan fingerprint density at radius 2 is 1.71 bits per heavy atom. The Morgan fingerprint density at radius 1 is 1.06 bits per heavy atom. The van der Waals surface area contributed by atoms with Gasteiger partial charge in [-0.2, -0.15) is 0 Å². The first kappa shape index (κ1) is 12.9. The minimum atomic E-state index is 0.320. The third-order valence-electron chi connectivity index (χ3n) is 4.69. The molecule has 2 aliphatic rings. The molecule has 0 aromatic carbocycles. The molecule has 1 spiro atoms. The summed E-state index contributed by atoms with van der Waals surface area (Å²) in [4.78, 5) is 14.0. The van der Waals surface area contributed by atoms with Crippen LogP contribution in [0.4, 0.5) is 0 Å². The van der Waals surface area contributed by atoms with E-state index in [4.69, 9.17) is 5.73 Å². The van der Waals surface area contributed by atoms with Crippen LogP contribution >= 0.6 is 0 Å². The lowest BCUT2D eigenvalue weighted by molar-refractivity contribution is -0.134. The second kappa shape index (κ2) is 5.85. The quantitative estimate of drug-likeness (QED) is 0.820. The first-order valence-corrected chi connectivity index (χ1v) is 7.24. The second-order valence-electron chi connectivity index (χ2n) is 5.83. The van der Waals surface area contributed by atoms with Gasteiger partial charge >= 0.3 is 0 Å². The van der Waals surface area contributed by atoms with Crippen molar-refractivity contribution < 1.29 is 4.79 Å². The molecule has 1 saturated carbocycles. The maximum Gasteiger partial charge on any atom is 0.222 e. The minimum absolute atomic E-state index is 0.320. The number of amides is 1. The Labute approximate surface area is 105 Å². The molecule has 3 heteroatoms. The lowest BCUT2D eigenvalue weighted by Crippen LogP contribution is -2.43. The normalized spacial score (nSPS) is 23.9. The Morgan fingerprint density at radius 3 is 2.29 bits per heavy atom. The average molecular weight is 238 g/mol. The summed E-state index contributed by atoms with van der Waals surface area (Å²) in [6, 6.07) is 0. The summed E-state index contributed by atoms with van der Waals surface area (Å²) in [5.41, 5.74) is 6.05. The Bertz CT molecular complexity index is 249. The van der Waals surface area contributed by atoms with Crippen LogP contribution in [0.15, 0.2) is 0 Å². The smallest absolute Gasteiger partial charge is 0.222 e. The molecule has 98 valence electrons. The second-order valence-corrected chi connectivity index (χ2v) is 5.83. The fraction of sp³-hybridized carbons (Fsp3) is 0.929. The van der Waals surface area contributed by atoms with Gasteiger partial charge in [0.15, 0.2) is 0 Å². The molecule has 0 bridgehead atoms. The molecule has 2 rings (SSSR count). The Hall–Kier alpha value is -0.570. The van der Waals surface area contributed by atoms with Crippen molar-refractivity contribution in [2.75, 3.05) is 19.6 Å². The first-order valence-electron chi connectivity index (χ1n) is 7.24. The number of hydrogen-bond acceptors (Lipinski definition) is 2.